The number of nitrogens with two attached hydrogens (primary N) is 1. The lowest BCUT2D eigenvalue weighted by molar-refractivity contribution is 0.163. The van der Waals surface area contributed by atoms with Gasteiger partial charge in [-0.2, -0.15) is 0 Å². The quantitative estimate of drug-likeness (QED) is 0.839. The van der Waals surface area contributed by atoms with E-state index in [1.807, 2.05) is 11.3 Å². The average Bonchev–Trinajstić information content (AvgIpc) is 2.65. The van der Waals surface area contributed by atoms with Gasteiger partial charge in [0.15, 0.2) is 0 Å². The molecule has 4 heteroatoms. The molecule has 1 aromatic rings. The highest BCUT2D eigenvalue weighted by Crippen LogP contribution is 2.32. The molecule has 1 saturated carbocycles. The second-order valence-electron chi connectivity index (χ2n) is 5.23. The molecule has 1 unspecified atom stereocenters. The van der Waals surface area contributed by atoms with Gasteiger partial charge in [-0.3, -0.25) is 4.90 Å². The molecule has 1 atom stereocenters. The van der Waals surface area contributed by atoms with Gasteiger partial charge in [0, 0.05) is 27.3 Å². The fourth-order valence-corrected chi connectivity index (χ4v) is 4.52. The van der Waals surface area contributed by atoms with Crippen molar-refractivity contribution in [3.05, 3.63) is 20.8 Å². The maximum Gasteiger partial charge on any atom is 0.0564 e. The maximum absolute atomic E-state index is 6.01. The summed E-state index contributed by atoms with van der Waals surface area (Å²) in [4.78, 5) is 3.90. The molecule has 0 aliphatic heterocycles. The summed E-state index contributed by atoms with van der Waals surface area (Å²) in [5.74, 6) is 0. The predicted octanol–water partition coefficient (Wildman–Crippen LogP) is 4.17. The normalized spacial score (nSPS) is 20.0. The van der Waals surface area contributed by atoms with E-state index in [2.05, 4.69) is 39.3 Å². The van der Waals surface area contributed by atoms with Crippen molar-refractivity contribution in [1.29, 1.82) is 0 Å². The number of rotatable bonds is 4. The zero-order valence-electron chi connectivity index (χ0n) is 11.1. The molecule has 18 heavy (non-hydrogen) atoms. The summed E-state index contributed by atoms with van der Waals surface area (Å²) >= 11 is 5.35. The molecule has 1 fully saturated rings. The topological polar surface area (TPSA) is 29.3 Å². The third kappa shape index (κ3) is 3.56. The average molecular weight is 331 g/mol. The zero-order valence-corrected chi connectivity index (χ0v) is 13.5. The molecule has 0 bridgehead atoms. The number of hydrogen-bond acceptors (Lipinski definition) is 3. The van der Waals surface area contributed by atoms with E-state index in [1.54, 1.807) is 0 Å². The Kier molecular flexibility index (Phi) is 5.67. The Labute approximate surface area is 123 Å². The van der Waals surface area contributed by atoms with Crippen molar-refractivity contribution in [2.45, 2.75) is 50.6 Å². The summed E-state index contributed by atoms with van der Waals surface area (Å²) < 4.78 is 1.18. The summed E-state index contributed by atoms with van der Waals surface area (Å²) in [5.41, 5.74) is 6.01. The molecule has 1 aliphatic carbocycles. The van der Waals surface area contributed by atoms with Gasteiger partial charge in [0.2, 0.25) is 0 Å². The Bertz CT molecular complexity index is 358. The monoisotopic (exact) mass is 330 g/mol. The lowest BCUT2D eigenvalue weighted by Crippen LogP contribution is -2.38. The van der Waals surface area contributed by atoms with Crippen molar-refractivity contribution < 1.29 is 0 Å². The van der Waals surface area contributed by atoms with Crippen LogP contribution in [0.1, 0.15) is 49.4 Å². The molecule has 1 aromatic heterocycles. The lowest BCUT2D eigenvalue weighted by Gasteiger charge is -2.33. The van der Waals surface area contributed by atoms with Crippen molar-refractivity contribution in [2.24, 2.45) is 5.73 Å². The van der Waals surface area contributed by atoms with Crippen LogP contribution in [0.15, 0.2) is 15.9 Å². The third-order valence-electron chi connectivity index (χ3n) is 4.03. The van der Waals surface area contributed by atoms with Crippen LogP contribution in [-0.4, -0.2) is 24.5 Å². The molecule has 0 radical (unpaired) electrons. The largest absolute Gasteiger partial charge is 0.329 e. The first-order valence-electron chi connectivity index (χ1n) is 6.88. The Balaban J connectivity index is 2.06. The molecule has 1 aliphatic rings. The van der Waals surface area contributed by atoms with Crippen LogP contribution >= 0.6 is 27.3 Å². The van der Waals surface area contributed by atoms with Gasteiger partial charge in [0.25, 0.3) is 0 Å². The van der Waals surface area contributed by atoms with E-state index >= 15 is 0 Å². The van der Waals surface area contributed by atoms with Gasteiger partial charge < -0.3 is 5.73 Å². The predicted molar refractivity (Wildman–Crippen MR) is 83.1 cm³/mol. The van der Waals surface area contributed by atoms with Crippen LogP contribution in [0.3, 0.4) is 0 Å². The second kappa shape index (κ2) is 7.04. The minimum atomic E-state index is 0.379. The molecule has 102 valence electrons. The Morgan fingerprint density at radius 2 is 2.06 bits per heavy atom. The van der Waals surface area contributed by atoms with Crippen molar-refractivity contribution >= 4 is 27.3 Å². The van der Waals surface area contributed by atoms with E-state index in [0.717, 1.165) is 0 Å². The highest BCUT2D eigenvalue weighted by molar-refractivity contribution is 9.10. The van der Waals surface area contributed by atoms with Crippen LogP contribution in [0.2, 0.25) is 0 Å². The standard InChI is InChI=1S/C14H23BrN2S/c1-17(12-6-4-2-3-5-7-12)13(9-16)14-8-11(15)10-18-14/h8,10,12-13H,2-7,9,16H2,1H3. The smallest absolute Gasteiger partial charge is 0.0564 e. The van der Waals surface area contributed by atoms with E-state index in [-0.39, 0.29) is 0 Å². The zero-order chi connectivity index (χ0) is 13.0. The van der Waals surface area contributed by atoms with Crippen LogP contribution in [0.4, 0.5) is 0 Å². The van der Waals surface area contributed by atoms with Crippen LogP contribution in [0, 0.1) is 0 Å². The fourth-order valence-electron chi connectivity index (χ4n) is 2.91. The van der Waals surface area contributed by atoms with Gasteiger partial charge in [0.05, 0.1) is 6.04 Å². The fraction of sp³-hybridized carbons (Fsp3) is 0.714. The van der Waals surface area contributed by atoms with Crippen molar-refractivity contribution in [3.8, 4) is 0 Å². The first-order valence-corrected chi connectivity index (χ1v) is 8.55. The number of thiophene rings is 1. The third-order valence-corrected chi connectivity index (χ3v) is 5.83. The Morgan fingerprint density at radius 3 is 2.56 bits per heavy atom. The number of likely N-dealkylation sites (N-methyl/N-ethyl adjacent to an activating group) is 1. The van der Waals surface area contributed by atoms with Gasteiger partial charge in [-0.1, -0.05) is 25.7 Å². The van der Waals surface area contributed by atoms with Gasteiger partial charge in [-0.05, 0) is 41.9 Å². The highest BCUT2D eigenvalue weighted by Gasteiger charge is 2.24. The minimum Gasteiger partial charge on any atom is -0.329 e. The number of nitrogens with zero attached hydrogens (tertiary/aromatic N) is 1. The van der Waals surface area contributed by atoms with Gasteiger partial charge in [-0.25, -0.2) is 0 Å². The first kappa shape index (κ1) is 14.5. The number of hydrogen-bond donors (Lipinski definition) is 1. The van der Waals surface area contributed by atoms with Crippen LogP contribution in [0.25, 0.3) is 0 Å². The van der Waals surface area contributed by atoms with Gasteiger partial charge in [0.1, 0.15) is 0 Å². The van der Waals surface area contributed by atoms with Crippen LogP contribution in [-0.2, 0) is 0 Å². The molecular weight excluding hydrogens is 308 g/mol. The van der Waals surface area contributed by atoms with Crippen molar-refractivity contribution in [3.63, 3.8) is 0 Å². The summed E-state index contributed by atoms with van der Waals surface area (Å²) in [6.07, 6.45) is 8.23. The van der Waals surface area contributed by atoms with Crippen LogP contribution in [0.5, 0.6) is 0 Å². The molecule has 2 N–H and O–H groups in total. The summed E-state index contributed by atoms with van der Waals surface area (Å²) in [7, 11) is 2.25. The van der Waals surface area contributed by atoms with Crippen LogP contribution < -0.4 is 5.73 Å². The molecule has 2 rings (SSSR count). The van der Waals surface area contributed by atoms with Gasteiger partial charge >= 0.3 is 0 Å². The molecule has 1 heterocycles. The van der Waals surface area contributed by atoms with E-state index in [4.69, 9.17) is 5.73 Å². The molecule has 0 aromatic carbocycles. The SMILES string of the molecule is CN(C1CCCCCC1)C(CN)c1cc(Br)cs1. The highest BCUT2D eigenvalue weighted by atomic mass is 79.9. The van der Waals surface area contributed by atoms with E-state index in [9.17, 15) is 0 Å². The second-order valence-corrected chi connectivity index (χ2v) is 7.09. The molecule has 0 saturated heterocycles. The van der Waals surface area contributed by atoms with Gasteiger partial charge in [-0.15, -0.1) is 11.3 Å². The Morgan fingerprint density at radius 1 is 1.39 bits per heavy atom. The van der Waals surface area contributed by atoms with Crippen molar-refractivity contribution in [1.82, 2.24) is 4.90 Å². The van der Waals surface area contributed by atoms with E-state index in [0.29, 0.717) is 18.6 Å². The minimum absolute atomic E-state index is 0.379. The first-order chi connectivity index (χ1) is 8.72. The molecule has 0 spiro atoms. The molecular formula is C14H23BrN2S. The van der Waals surface area contributed by atoms with E-state index in [1.165, 1.54) is 47.9 Å². The summed E-state index contributed by atoms with van der Waals surface area (Å²) in [6.45, 7) is 0.708. The summed E-state index contributed by atoms with van der Waals surface area (Å²) in [6, 6.07) is 3.31. The number of halogens is 1. The van der Waals surface area contributed by atoms with E-state index < -0.39 is 0 Å². The van der Waals surface area contributed by atoms with Crippen molar-refractivity contribution in [2.75, 3.05) is 13.6 Å². The maximum atomic E-state index is 6.01. The summed E-state index contributed by atoms with van der Waals surface area (Å²) in [5, 5.41) is 2.15. The lowest BCUT2D eigenvalue weighted by atomic mass is 10.0. The molecule has 0 amide bonds. The Hall–Kier alpha value is 0.1000. The molecule has 2 nitrogen and oxygen atoms in total.